The second kappa shape index (κ2) is 13.9. The third kappa shape index (κ3) is 5.45. The lowest BCUT2D eigenvalue weighted by atomic mass is 9.95. The van der Waals surface area contributed by atoms with E-state index in [0.29, 0.717) is 0 Å². The van der Waals surface area contributed by atoms with Gasteiger partial charge in [0.1, 0.15) is 16.7 Å². The molecule has 0 radical (unpaired) electrons. The quantitative estimate of drug-likeness (QED) is 0.151. The maximum atomic E-state index is 7.00. The minimum atomic E-state index is 0.212. The number of hydrogen-bond donors (Lipinski definition) is 0. The van der Waals surface area contributed by atoms with E-state index in [-0.39, 0.29) is 6.04 Å². The number of benzene rings is 9. The van der Waals surface area contributed by atoms with Crippen molar-refractivity contribution >= 4 is 93.9 Å². The topological polar surface area (TPSA) is 32.8 Å². The van der Waals surface area contributed by atoms with Gasteiger partial charge in [0.2, 0.25) is 0 Å². The summed E-state index contributed by atoms with van der Waals surface area (Å²) >= 11 is 0. The van der Waals surface area contributed by atoms with Crippen molar-refractivity contribution in [1.82, 2.24) is 0 Å². The lowest BCUT2D eigenvalue weighted by Gasteiger charge is -2.32. The van der Waals surface area contributed by atoms with E-state index < -0.39 is 0 Å². The Bertz CT molecular complexity index is 3430. The molecule has 2 heterocycles. The van der Waals surface area contributed by atoms with Crippen LogP contribution in [0.1, 0.15) is 6.42 Å². The summed E-state index contributed by atoms with van der Waals surface area (Å²) in [6.45, 7) is 0. The van der Waals surface area contributed by atoms with Gasteiger partial charge in [-0.1, -0.05) is 140 Å². The number of furan rings is 2. The maximum Gasteiger partial charge on any atom is 0.159 e. The highest BCUT2D eigenvalue weighted by Gasteiger charge is 2.24. The SMILES string of the molecule is C1=CC[C@@H](N(c2ccccc2)c2ccc3c(c2)c2ccccc2c2c4ccc(-c5cccc6c5oc5c(N(c7ccccc7)c7ccccc7)cccc56)cc4oc32)C=C1. The van der Waals surface area contributed by atoms with Gasteiger partial charge in [0.25, 0.3) is 0 Å². The Morgan fingerprint density at radius 2 is 1.05 bits per heavy atom. The molecule has 0 aliphatic heterocycles. The van der Waals surface area contributed by atoms with Gasteiger partial charge in [0.05, 0.1) is 11.7 Å². The molecular formula is C56H38N2O2. The van der Waals surface area contributed by atoms with Gasteiger partial charge in [-0.05, 0) is 101 Å². The predicted octanol–water partition coefficient (Wildman–Crippen LogP) is 16.0. The summed E-state index contributed by atoms with van der Waals surface area (Å²) in [6.07, 6.45) is 9.78. The Hall–Kier alpha value is -7.82. The van der Waals surface area contributed by atoms with Crippen molar-refractivity contribution in [1.29, 1.82) is 0 Å². The first-order valence-electron chi connectivity index (χ1n) is 20.6. The Labute approximate surface area is 347 Å². The fraction of sp³-hybridized carbons (Fsp3) is 0.0357. The van der Waals surface area contributed by atoms with Crippen molar-refractivity contribution < 1.29 is 8.83 Å². The molecule has 9 aromatic carbocycles. The third-order valence-electron chi connectivity index (χ3n) is 12.1. The van der Waals surface area contributed by atoms with Gasteiger partial charge in [-0.25, -0.2) is 0 Å². The largest absolute Gasteiger partial charge is 0.455 e. The average molecular weight is 771 g/mol. The van der Waals surface area contributed by atoms with E-state index in [1.165, 1.54) is 21.8 Å². The normalized spacial score (nSPS) is 14.0. The monoisotopic (exact) mass is 770 g/mol. The number of allylic oxidation sites excluding steroid dienone is 2. The minimum Gasteiger partial charge on any atom is -0.455 e. The predicted molar refractivity (Wildman–Crippen MR) is 251 cm³/mol. The molecule has 2 aromatic heterocycles. The molecule has 0 unspecified atom stereocenters. The summed E-state index contributed by atoms with van der Waals surface area (Å²) in [5.41, 5.74) is 11.0. The zero-order chi connectivity index (χ0) is 39.6. The van der Waals surface area contributed by atoms with Crippen molar-refractivity contribution in [3.63, 3.8) is 0 Å². The highest BCUT2D eigenvalue weighted by molar-refractivity contribution is 6.30. The molecule has 0 bridgehead atoms. The fourth-order valence-corrected chi connectivity index (χ4v) is 9.43. The first kappa shape index (κ1) is 34.2. The molecule has 1 aliphatic rings. The number of hydrogen-bond acceptors (Lipinski definition) is 4. The van der Waals surface area contributed by atoms with Gasteiger partial charge < -0.3 is 18.6 Å². The zero-order valence-electron chi connectivity index (χ0n) is 32.7. The number of para-hydroxylation sites is 5. The lowest BCUT2D eigenvalue weighted by molar-refractivity contribution is 0.669. The van der Waals surface area contributed by atoms with Gasteiger partial charge in [0.15, 0.2) is 5.58 Å². The molecule has 0 saturated heterocycles. The summed E-state index contributed by atoms with van der Waals surface area (Å²) in [5.74, 6) is 0. The van der Waals surface area contributed by atoms with Gasteiger partial charge in [-0.3, -0.25) is 0 Å². The number of nitrogens with zero attached hydrogens (tertiary/aromatic N) is 2. The molecule has 0 N–H and O–H groups in total. The van der Waals surface area contributed by atoms with Crippen molar-refractivity contribution in [2.45, 2.75) is 12.5 Å². The highest BCUT2D eigenvalue weighted by atomic mass is 16.3. The molecule has 284 valence electrons. The maximum absolute atomic E-state index is 7.00. The summed E-state index contributed by atoms with van der Waals surface area (Å²) in [6, 6.07) is 67.0. The molecule has 0 saturated carbocycles. The number of anilines is 5. The average Bonchev–Trinajstić information content (AvgIpc) is 3.90. The van der Waals surface area contributed by atoms with Gasteiger partial charge in [0, 0.05) is 55.2 Å². The van der Waals surface area contributed by atoms with Crippen LogP contribution < -0.4 is 9.80 Å². The summed E-state index contributed by atoms with van der Waals surface area (Å²) in [5, 5.41) is 9.06. The van der Waals surface area contributed by atoms with Crippen molar-refractivity contribution in [3.05, 3.63) is 212 Å². The van der Waals surface area contributed by atoms with E-state index in [0.717, 1.165) is 89.6 Å². The molecule has 4 nitrogen and oxygen atoms in total. The molecular weight excluding hydrogens is 733 g/mol. The molecule has 4 heteroatoms. The van der Waals surface area contributed by atoms with Crippen molar-refractivity contribution in [2.75, 3.05) is 9.80 Å². The molecule has 11 aromatic rings. The molecule has 12 rings (SSSR count). The zero-order valence-corrected chi connectivity index (χ0v) is 32.7. The van der Waals surface area contributed by atoms with Crippen LogP contribution in [0.15, 0.2) is 221 Å². The Kier molecular flexibility index (Phi) is 7.95. The number of fused-ring (bicyclic) bond motifs is 11. The van der Waals surface area contributed by atoms with Crippen LogP contribution in [0.3, 0.4) is 0 Å². The van der Waals surface area contributed by atoms with Crippen LogP contribution in [0.2, 0.25) is 0 Å². The van der Waals surface area contributed by atoms with E-state index in [1.54, 1.807) is 0 Å². The smallest absolute Gasteiger partial charge is 0.159 e. The van der Waals surface area contributed by atoms with Crippen molar-refractivity contribution in [3.8, 4) is 11.1 Å². The van der Waals surface area contributed by atoms with E-state index in [4.69, 9.17) is 8.83 Å². The summed E-state index contributed by atoms with van der Waals surface area (Å²) in [4.78, 5) is 4.72. The van der Waals surface area contributed by atoms with E-state index >= 15 is 0 Å². The van der Waals surface area contributed by atoms with Crippen LogP contribution in [-0.4, -0.2) is 6.04 Å². The Morgan fingerprint density at radius 1 is 0.417 bits per heavy atom. The molecule has 60 heavy (non-hydrogen) atoms. The first-order chi connectivity index (χ1) is 29.8. The fourth-order valence-electron chi connectivity index (χ4n) is 9.43. The second-order valence-electron chi connectivity index (χ2n) is 15.6. The van der Waals surface area contributed by atoms with Crippen LogP contribution in [0, 0.1) is 0 Å². The number of rotatable bonds is 7. The van der Waals surface area contributed by atoms with E-state index in [2.05, 4.69) is 222 Å². The lowest BCUT2D eigenvalue weighted by Crippen LogP contribution is -2.29. The second-order valence-corrected chi connectivity index (χ2v) is 15.6. The van der Waals surface area contributed by atoms with Crippen LogP contribution in [0.25, 0.3) is 76.5 Å². The standard InChI is InChI=1S/C56H38N2O2/c1-5-17-38(18-6-1)57(39-19-7-2-8-20-39)42-32-34-48-50(36-42)44-25-13-14-26-45(44)53-49-33-31-37(35-52(49)59-56(48)53)43-27-15-28-46-47-29-16-30-51(55(47)60-54(43)46)58(40-21-9-3-10-22-40)41-23-11-4-12-24-41/h1-19,21-36,39H,20H2/t39-/m0/s1. The molecule has 0 amide bonds. The summed E-state index contributed by atoms with van der Waals surface area (Å²) in [7, 11) is 0. The van der Waals surface area contributed by atoms with E-state index in [9.17, 15) is 0 Å². The Balaban J connectivity index is 1.02. The third-order valence-corrected chi connectivity index (χ3v) is 12.1. The van der Waals surface area contributed by atoms with Crippen LogP contribution in [0.4, 0.5) is 28.4 Å². The van der Waals surface area contributed by atoms with E-state index in [1.807, 2.05) is 0 Å². The molecule has 0 fully saturated rings. The van der Waals surface area contributed by atoms with Crippen LogP contribution in [-0.2, 0) is 0 Å². The Morgan fingerprint density at radius 3 is 1.78 bits per heavy atom. The van der Waals surface area contributed by atoms with Crippen LogP contribution in [0.5, 0.6) is 0 Å². The minimum absolute atomic E-state index is 0.212. The van der Waals surface area contributed by atoms with Gasteiger partial charge >= 0.3 is 0 Å². The molecule has 1 atom stereocenters. The van der Waals surface area contributed by atoms with Gasteiger partial charge in [-0.15, -0.1) is 0 Å². The first-order valence-corrected chi connectivity index (χ1v) is 20.6. The van der Waals surface area contributed by atoms with Crippen molar-refractivity contribution in [2.24, 2.45) is 0 Å². The van der Waals surface area contributed by atoms with Gasteiger partial charge in [-0.2, -0.15) is 0 Å². The molecule has 0 spiro atoms. The van der Waals surface area contributed by atoms with Crippen LogP contribution >= 0.6 is 0 Å². The highest BCUT2D eigenvalue weighted by Crippen LogP contribution is 2.47. The molecule has 1 aliphatic carbocycles. The summed E-state index contributed by atoms with van der Waals surface area (Å²) < 4.78 is 14.0.